The van der Waals surface area contributed by atoms with Crippen LogP contribution in [0.1, 0.15) is 13.8 Å². The zero-order valence-corrected chi connectivity index (χ0v) is 7.69. The highest BCUT2D eigenvalue weighted by Crippen LogP contribution is 2.32. The van der Waals surface area contributed by atoms with Crippen LogP contribution in [0.5, 0.6) is 0 Å². The predicted octanol–water partition coefficient (Wildman–Crippen LogP) is 0.500. The van der Waals surface area contributed by atoms with E-state index in [2.05, 4.69) is 0 Å². The van der Waals surface area contributed by atoms with Crippen LogP contribution >= 0.6 is 0 Å². The van der Waals surface area contributed by atoms with E-state index in [1.54, 1.807) is 0 Å². The molecule has 2 aliphatic rings. The lowest BCUT2D eigenvalue weighted by Crippen LogP contribution is -2.33. The monoisotopic (exact) mass is 187 g/mol. The maximum atomic E-state index is 10.6. The van der Waals surface area contributed by atoms with Crippen molar-refractivity contribution in [3.63, 3.8) is 0 Å². The van der Waals surface area contributed by atoms with Crippen LogP contribution in [0.4, 0.5) is 4.79 Å². The third-order valence-corrected chi connectivity index (χ3v) is 2.36. The number of nitrogens with zero attached hydrogens (tertiary/aromatic N) is 1. The van der Waals surface area contributed by atoms with E-state index in [-0.39, 0.29) is 12.2 Å². The van der Waals surface area contributed by atoms with Crippen LogP contribution in [0.3, 0.4) is 0 Å². The molecule has 2 unspecified atom stereocenters. The summed E-state index contributed by atoms with van der Waals surface area (Å²) in [7, 11) is 0. The summed E-state index contributed by atoms with van der Waals surface area (Å²) < 4.78 is 11.1. The fraction of sp³-hybridized carbons (Fsp3) is 0.875. The van der Waals surface area contributed by atoms with Crippen LogP contribution in [0.25, 0.3) is 0 Å². The minimum absolute atomic E-state index is 0.0916. The van der Waals surface area contributed by atoms with Gasteiger partial charge in [-0.25, -0.2) is 4.79 Å². The van der Waals surface area contributed by atoms with Gasteiger partial charge in [0.15, 0.2) is 5.79 Å². The molecule has 0 aliphatic carbocycles. The van der Waals surface area contributed by atoms with Crippen LogP contribution < -0.4 is 0 Å². The SMILES string of the molecule is CC1(C)OC2CN(C(=O)O)CC2O1. The molecule has 74 valence electrons. The van der Waals surface area contributed by atoms with E-state index in [1.807, 2.05) is 13.8 Å². The molecular weight excluding hydrogens is 174 g/mol. The largest absolute Gasteiger partial charge is 0.465 e. The molecule has 2 heterocycles. The first-order valence-corrected chi connectivity index (χ1v) is 4.31. The average Bonchev–Trinajstić information content (AvgIpc) is 2.39. The number of rotatable bonds is 0. The summed E-state index contributed by atoms with van der Waals surface area (Å²) in [5, 5.41) is 8.71. The van der Waals surface area contributed by atoms with Gasteiger partial charge in [0.1, 0.15) is 12.2 Å². The summed E-state index contributed by atoms with van der Waals surface area (Å²) in [6.07, 6.45) is -1.09. The molecule has 0 saturated carbocycles. The van der Waals surface area contributed by atoms with Gasteiger partial charge in [-0.1, -0.05) is 0 Å². The smallest absolute Gasteiger partial charge is 0.407 e. The fourth-order valence-corrected chi connectivity index (χ4v) is 1.88. The van der Waals surface area contributed by atoms with Gasteiger partial charge in [0.05, 0.1) is 13.1 Å². The molecule has 13 heavy (non-hydrogen) atoms. The van der Waals surface area contributed by atoms with E-state index in [0.29, 0.717) is 13.1 Å². The highest BCUT2D eigenvalue weighted by Gasteiger charge is 2.47. The second-order valence-electron chi connectivity index (χ2n) is 3.90. The molecular formula is C8H13NO4. The summed E-state index contributed by atoms with van der Waals surface area (Å²) in [5.74, 6) is -0.556. The Bertz CT molecular complexity index is 224. The van der Waals surface area contributed by atoms with E-state index in [0.717, 1.165) is 0 Å². The van der Waals surface area contributed by atoms with E-state index in [4.69, 9.17) is 14.6 Å². The van der Waals surface area contributed by atoms with E-state index < -0.39 is 11.9 Å². The Kier molecular flexibility index (Phi) is 1.75. The molecule has 0 bridgehead atoms. The molecule has 5 nitrogen and oxygen atoms in total. The molecule has 5 heteroatoms. The Hall–Kier alpha value is -0.810. The molecule has 0 radical (unpaired) electrons. The fourth-order valence-electron chi connectivity index (χ4n) is 1.88. The number of hydrogen-bond acceptors (Lipinski definition) is 3. The first kappa shape index (κ1) is 8.77. The first-order valence-electron chi connectivity index (χ1n) is 4.31. The molecule has 0 aromatic heterocycles. The summed E-state index contributed by atoms with van der Waals surface area (Å²) in [5.41, 5.74) is 0. The van der Waals surface area contributed by atoms with Crippen molar-refractivity contribution in [1.29, 1.82) is 0 Å². The third-order valence-electron chi connectivity index (χ3n) is 2.36. The number of hydrogen-bond donors (Lipinski definition) is 1. The molecule has 1 amide bonds. The molecule has 0 aromatic carbocycles. The second kappa shape index (κ2) is 2.59. The van der Waals surface area contributed by atoms with Gasteiger partial charge >= 0.3 is 6.09 Å². The zero-order valence-electron chi connectivity index (χ0n) is 7.69. The Morgan fingerprint density at radius 1 is 1.38 bits per heavy atom. The zero-order chi connectivity index (χ0) is 9.64. The molecule has 2 rings (SSSR count). The van der Waals surface area contributed by atoms with Gasteiger partial charge in [-0.2, -0.15) is 0 Å². The standard InChI is InChI=1S/C8H13NO4/c1-8(2)12-5-3-9(7(10)11)4-6(5)13-8/h5-6H,3-4H2,1-2H3,(H,10,11). The molecule has 2 aliphatic heterocycles. The van der Waals surface area contributed by atoms with Gasteiger partial charge in [-0.05, 0) is 13.8 Å². The number of ether oxygens (including phenoxy) is 2. The van der Waals surface area contributed by atoms with Gasteiger partial charge in [-0.15, -0.1) is 0 Å². The van der Waals surface area contributed by atoms with Crippen molar-refractivity contribution >= 4 is 6.09 Å². The maximum absolute atomic E-state index is 10.6. The van der Waals surface area contributed by atoms with Crippen molar-refractivity contribution in [3.8, 4) is 0 Å². The van der Waals surface area contributed by atoms with Crippen LogP contribution in [-0.2, 0) is 9.47 Å². The van der Waals surface area contributed by atoms with E-state index >= 15 is 0 Å². The first-order chi connectivity index (χ1) is 5.98. The lowest BCUT2D eigenvalue weighted by molar-refractivity contribution is -0.154. The van der Waals surface area contributed by atoms with Gasteiger partial charge < -0.3 is 19.5 Å². The third kappa shape index (κ3) is 1.49. The summed E-state index contributed by atoms with van der Waals surface area (Å²) in [6, 6.07) is 0. The number of fused-ring (bicyclic) bond motifs is 1. The van der Waals surface area contributed by atoms with Crippen molar-refractivity contribution in [2.75, 3.05) is 13.1 Å². The minimum atomic E-state index is -0.903. The molecule has 0 aromatic rings. The average molecular weight is 187 g/mol. The lowest BCUT2D eigenvalue weighted by atomic mass is 10.3. The van der Waals surface area contributed by atoms with Gasteiger partial charge in [0.2, 0.25) is 0 Å². The summed E-state index contributed by atoms with van der Waals surface area (Å²) in [4.78, 5) is 11.9. The quantitative estimate of drug-likeness (QED) is 0.600. The maximum Gasteiger partial charge on any atom is 0.407 e. The predicted molar refractivity (Wildman–Crippen MR) is 43.4 cm³/mol. The normalized spacial score (nSPS) is 36.3. The Morgan fingerprint density at radius 3 is 2.23 bits per heavy atom. The molecule has 2 saturated heterocycles. The molecule has 0 spiro atoms. The van der Waals surface area contributed by atoms with Crippen molar-refractivity contribution in [1.82, 2.24) is 4.90 Å². The number of carbonyl (C=O) groups is 1. The Morgan fingerprint density at radius 2 is 1.85 bits per heavy atom. The van der Waals surface area contributed by atoms with Gasteiger partial charge in [0.25, 0.3) is 0 Å². The highest BCUT2D eigenvalue weighted by atomic mass is 16.8. The lowest BCUT2D eigenvalue weighted by Gasteiger charge is -2.21. The number of likely N-dealkylation sites (tertiary alicyclic amines) is 1. The summed E-state index contributed by atoms with van der Waals surface area (Å²) >= 11 is 0. The number of amides is 1. The van der Waals surface area contributed by atoms with Crippen LogP contribution in [-0.4, -0.2) is 47.2 Å². The number of carboxylic acid groups (broad SMARTS) is 1. The van der Waals surface area contributed by atoms with Gasteiger partial charge in [-0.3, -0.25) is 0 Å². The van der Waals surface area contributed by atoms with Crippen LogP contribution in [0.2, 0.25) is 0 Å². The topological polar surface area (TPSA) is 59.0 Å². The van der Waals surface area contributed by atoms with E-state index in [9.17, 15) is 4.79 Å². The summed E-state index contributed by atoms with van der Waals surface area (Å²) in [6.45, 7) is 4.53. The van der Waals surface area contributed by atoms with Crippen LogP contribution in [0.15, 0.2) is 0 Å². The Balaban J connectivity index is 2.01. The van der Waals surface area contributed by atoms with Crippen molar-refractivity contribution in [2.45, 2.75) is 31.8 Å². The molecule has 2 atom stereocenters. The highest BCUT2D eigenvalue weighted by molar-refractivity contribution is 5.65. The molecule has 2 fully saturated rings. The Labute approximate surface area is 76.2 Å². The van der Waals surface area contributed by atoms with E-state index in [1.165, 1.54) is 4.90 Å². The minimum Gasteiger partial charge on any atom is -0.465 e. The van der Waals surface area contributed by atoms with Gasteiger partial charge in [0, 0.05) is 0 Å². The molecule has 1 N–H and O–H groups in total. The van der Waals surface area contributed by atoms with Crippen molar-refractivity contribution in [2.24, 2.45) is 0 Å². The second-order valence-corrected chi connectivity index (χ2v) is 3.90. The van der Waals surface area contributed by atoms with Crippen molar-refractivity contribution in [3.05, 3.63) is 0 Å². The van der Waals surface area contributed by atoms with Crippen LogP contribution in [0, 0.1) is 0 Å². The van der Waals surface area contributed by atoms with Crippen molar-refractivity contribution < 1.29 is 19.4 Å².